The average Bonchev–Trinajstić information content (AvgIpc) is 2.92. The van der Waals surface area contributed by atoms with Gasteiger partial charge in [0, 0.05) is 15.7 Å². The number of benzene rings is 2. The van der Waals surface area contributed by atoms with Crippen LogP contribution in [0.2, 0.25) is 0 Å². The SMILES string of the molecule is Cc1cccc(-c2nc(-c3ccc(Br)cc3)no2)c1N. The number of nitrogen functional groups attached to an aromatic ring is 1. The molecule has 100 valence electrons. The molecule has 0 spiro atoms. The molecule has 4 nitrogen and oxygen atoms in total. The lowest BCUT2D eigenvalue weighted by Gasteiger charge is -2.03. The number of hydrogen-bond acceptors (Lipinski definition) is 4. The minimum absolute atomic E-state index is 0.434. The predicted molar refractivity (Wildman–Crippen MR) is 82.0 cm³/mol. The van der Waals surface area contributed by atoms with E-state index in [4.69, 9.17) is 10.3 Å². The number of rotatable bonds is 2. The van der Waals surface area contributed by atoms with Crippen molar-refractivity contribution in [1.29, 1.82) is 0 Å². The third-order valence-electron chi connectivity index (χ3n) is 3.08. The molecule has 20 heavy (non-hydrogen) atoms. The Morgan fingerprint density at radius 1 is 1.10 bits per heavy atom. The van der Waals surface area contributed by atoms with Gasteiger partial charge in [0.05, 0.1) is 5.56 Å². The highest BCUT2D eigenvalue weighted by Gasteiger charge is 2.13. The summed E-state index contributed by atoms with van der Waals surface area (Å²) >= 11 is 3.40. The Morgan fingerprint density at radius 3 is 2.60 bits per heavy atom. The van der Waals surface area contributed by atoms with Crippen LogP contribution in [0.25, 0.3) is 22.8 Å². The fraction of sp³-hybridized carbons (Fsp3) is 0.0667. The number of nitrogens with zero attached hydrogens (tertiary/aromatic N) is 2. The number of para-hydroxylation sites is 1. The number of nitrogens with two attached hydrogens (primary N) is 1. The van der Waals surface area contributed by atoms with E-state index >= 15 is 0 Å². The summed E-state index contributed by atoms with van der Waals surface area (Å²) in [6.45, 7) is 1.95. The monoisotopic (exact) mass is 329 g/mol. The van der Waals surface area contributed by atoms with Crippen LogP contribution < -0.4 is 5.73 Å². The summed E-state index contributed by atoms with van der Waals surface area (Å²) in [5.41, 5.74) is 9.37. The van der Waals surface area contributed by atoms with E-state index < -0.39 is 0 Å². The Balaban J connectivity index is 2.02. The molecule has 0 bridgehead atoms. The highest BCUT2D eigenvalue weighted by atomic mass is 79.9. The zero-order valence-electron chi connectivity index (χ0n) is 10.8. The third kappa shape index (κ3) is 2.32. The van der Waals surface area contributed by atoms with Gasteiger partial charge in [-0.3, -0.25) is 0 Å². The van der Waals surface area contributed by atoms with E-state index in [1.54, 1.807) is 0 Å². The zero-order chi connectivity index (χ0) is 14.1. The van der Waals surface area contributed by atoms with E-state index in [-0.39, 0.29) is 0 Å². The molecule has 1 heterocycles. The van der Waals surface area contributed by atoms with Crippen molar-refractivity contribution in [2.24, 2.45) is 0 Å². The van der Waals surface area contributed by atoms with Gasteiger partial charge in [-0.15, -0.1) is 0 Å². The quantitative estimate of drug-likeness (QED) is 0.720. The summed E-state index contributed by atoms with van der Waals surface area (Å²) in [5.74, 6) is 0.984. The molecule has 0 aliphatic rings. The lowest BCUT2D eigenvalue weighted by molar-refractivity contribution is 0.432. The minimum Gasteiger partial charge on any atom is -0.398 e. The molecular formula is C15H12BrN3O. The summed E-state index contributed by atoms with van der Waals surface area (Å²) in [7, 11) is 0. The molecule has 0 aliphatic carbocycles. The Bertz CT molecular complexity index is 750. The first-order valence-corrected chi connectivity index (χ1v) is 6.89. The van der Waals surface area contributed by atoms with Gasteiger partial charge in [-0.25, -0.2) is 0 Å². The number of aryl methyl sites for hydroxylation is 1. The van der Waals surface area contributed by atoms with Gasteiger partial charge < -0.3 is 10.3 Å². The molecule has 0 saturated heterocycles. The molecule has 1 aromatic heterocycles. The van der Waals surface area contributed by atoms with E-state index in [2.05, 4.69) is 26.1 Å². The van der Waals surface area contributed by atoms with Crippen LogP contribution in [0.5, 0.6) is 0 Å². The van der Waals surface area contributed by atoms with Gasteiger partial charge in [0.25, 0.3) is 5.89 Å². The van der Waals surface area contributed by atoms with Gasteiger partial charge in [-0.1, -0.05) is 33.2 Å². The molecular weight excluding hydrogens is 318 g/mol. The fourth-order valence-corrected chi connectivity index (χ4v) is 2.18. The van der Waals surface area contributed by atoms with Crippen LogP contribution in [0, 0.1) is 6.92 Å². The molecule has 0 unspecified atom stereocenters. The number of hydrogen-bond donors (Lipinski definition) is 1. The first-order chi connectivity index (χ1) is 9.65. The molecule has 2 N–H and O–H groups in total. The predicted octanol–water partition coefficient (Wildman–Crippen LogP) is 4.06. The molecule has 0 amide bonds. The van der Waals surface area contributed by atoms with Gasteiger partial charge in [0.2, 0.25) is 5.82 Å². The van der Waals surface area contributed by atoms with Crippen molar-refractivity contribution < 1.29 is 4.52 Å². The summed E-state index contributed by atoms with van der Waals surface area (Å²) in [6, 6.07) is 13.5. The summed E-state index contributed by atoms with van der Waals surface area (Å²) in [5, 5.41) is 4.01. The van der Waals surface area contributed by atoms with Gasteiger partial charge in [0.1, 0.15) is 0 Å². The standard InChI is InChI=1S/C15H12BrN3O/c1-9-3-2-4-12(13(9)17)15-18-14(19-20-15)10-5-7-11(16)8-6-10/h2-8H,17H2,1H3. The smallest absolute Gasteiger partial charge is 0.260 e. The Kier molecular flexibility index (Phi) is 3.28. The summed E-state index contributed by atoms with van der Waals surface area (Å²) < 4.78 is 6.33. The van der Waals surface area contributed by atoms with Gasteiger partial charge in [0.15, 0.2) is 0 Å². The summed E-state index contributed by atoms with van der Waals surface area (Å²) in [4.78, 5) is 4.41. The zero-order valence-corrected chi connectivity index (χ0v) is 12.4. The van der Waals surface area contributed by atoms with E-state index in [0.717, 1.165) is 21.2 Å². The van der Waals surface area contributed by atoms with Gasteiger partial charge in [-0.05, 0) is 42.8 Å². The number of aromatic nitrogens is 2. The Labute approximate surface area is 124 Å². The summed E-state index contributed by atoms with van der Waals surface area (Å²) in [6.07, 6.45) is 0. The van der Waals surface area contributed by atoms with Crippen LogP contribution in [-0.4, -0.2) is 10.1 Å². The van der Waals surface area contributed by atoms with E-state index in [0.29, 0.717) is 17.4 Å². The van der Waals surface area contributed by atoms with Crippen LogP contribution in [0.3, 0.4) is 0 Å². The normalized spacial score (nSPS) is 10.7. The lowest BCUT2D eigenvalue weighted by Crippen LogP contribution is -1.93. The molecule has 3 rings (SSSR count). The topological polar surface area (TPSA) is 64.9 Å². The van der Waals surface area contributed by atoms with E-state index in [1.807, 2.05) is 49.4 Å². The van der Waals surface area contributed by atoms with Crippen molar-refractivity contribution >= 4 is 21.6 Å². The molecule has 3 aromatic rings. The maximum atomic E-state index is 6.05. The second-order valence-corrected chi connectivity index (χ2v) is 5.38. The van der Waals surface area contributed by atoms with Crippen molar-refractivity contribution in [3.63, 3.8) is 0 Å². The molecule has 0 saturated carbocycles. The van der Waals surface area contributed by atoms with Crippen molar-refractivity contribution in [1.82, 2.24) is 10.1 Å². The largest absolute Gasteiger partial charge is 0.398 e. The first-order valence-electron chi connectivity index (χ1n) is 6.10. The molecule has 0 aliphatic heterocycles. The Morgan fingerprint density at radius 2 is 1.85 bits per heavy atom. The third-order valence-corrected chi connectivity index (χ3v) is 3.61. The first kappa shape index (κ1) is 12.9. The van der Waals surface area contributed by atoms with E-state index in [9.17, 15) is 0 Å². The number of halogens is 1. The average molecular weight is 330 g/mol. The van der Waals surface area contributed by atoms with Crippen molar-refractivity contribution in [2.75, 3.05) is 5.73 Å². The maximum Gasteiger partial charge on any atom is 0.260 e. The minimum atomic E-state index is 0.434. The van der Waals surface area contributed by atoms with Crippen LogP contribution >= 0.6 is 15.9 Å². The Hall–Kier alpha value is -2.14. The van der Waals surface area contributed by atoms with Gasteiger partial charge >= 0.3 is 0 Å². The highest BCUT2D eigenvalue weighted by Crippen LogP contribution is 2.28. The van der Waals surface area contributed by atoms with Crippen LogP contribution in [0.15, 0.2) is 51.5 Å². The lowest BCUT2D eigenvalue weighted by atomic mass is 10.1. The second kappa shape index (κ2) is 5.09. The fourth-order valence-electron chi connectivity index (χ4n) is 1.92. The van der Waals surface area contributed by atoms with E-state index in [1.165, 1.54) is 0 Å². The highest BCUT2D eigenvalue weighted by molar-refractivity contribution is 9.10. The number of anilines is 1. The van der Waals surface area contributed by atoms with Crippen molar-refractivity contribution in [2.45, 2.75) is 6.92 Å². The molecule has 0 fully saturated rings. The van der Waals surface area contributed by atoms with Crippen LogP contribution in [0.4, 0.5) is 5.69 Å². The molecule has 5 heteroatoms. The maximum absolute atomic E-state index is 6.05. The van der Waals surface area contributed by atoms with Crippen LogP contribution in [0.1, 0.15) is 5.56 Å². The second-order valence-electron chi connectivity index (χ2n) is 4.47. The van der Waals surface area contributed by atoms with Crippen molar-refractivity contribution in [3.8, 4) is 22.8 Å². The molecule has 0 radical (unpaired) electrons. The van der Waals surface area contributed by atoms with Gasteiger partial charge in [-0.2, -0.15) is 4.98 Å². The molecule has 0 atom stereocenters. The molecule has 2 aromatic carbocycles. The van der Waals surface area contributed by atoms with Crippen LogP contribution in [-0.2, 0) is 0 Å². The van der Waals surface area contributed by atoms with Crippen molar-refractivity contribution in [3.05, 3.63) is 52.5 Å².